The topological polar surface area (TPSA) is 36.4 Å². The van der Waals surface area contributed by atoms with Crippen molar-refractivity contribution in [2.45, 2.75) is 39.7 Å². The lowest BCUT2D eigenvalue weighted by atomic mass is 9.85. The number of halogens is 1. The summed E-state index contributed by atoms with van der Waals surface area (Å²) in [5.41, 5.74) is 1.17. The van der Waals surface area contributed by atoms with Crippen LogP contribution in [0.4, 0.5) is 5.82 Å². The van der Waals surface area contributed by atoms with Crippen molar-refractivity contribution in [3.8, 4) is 0 Å². The summed E-state index contributed by atoms with van der Waals surface area (Å²) in [6.45, 7) is 6.63. The first-order chi connectivity index (χ1) is 8.52. The van der Waals surface area contributed by atoms with Gasteiger partial charge in [0.15, 0.2) is 0 Å². The predicted molar refractivity (Wildman–Crippen MR) is 75.0 cm³/mol. The average molecular weight is 269 g/mol. The van der Waals surface area contributed by atoms with Gasteiger partial charge in [0.25, 0.3) is 0 Å². The minimum atomic E-state index is -0.0139. The normalized spacial score (nSPS) is 19.7. The molecule has 1 aliphatic heterocycles. The zero-order valence-electron chi connectivity index (χ0n) is 11.1. The Hall–Kier alpha value is -0.800. The van der Waals surface area contributed by atoms with Crippen molar-refractivity contribution in [3.63, 3.8) is 0 Å². The van der Waals surface area contributed by atoms with E-state index in [1.807, 2.05) is 0 Å². The molecular weight excluding hydrogens is 248 g/mol. The third kappa shape index (κ3) is 3.15. The van der Waals surface area contributed by atoms with Gasteiger partial charge in [-0.25, -0.2) is 4.98 Å². The van der Waals surface area contributed by atoms with Crippen molar-refractivity contribution in [2.75, 3.05) is 18.0 Å². The maximum atomic E-state index is 9.06. The lowest BCUT2D eigenvalue weighted by Crippen LogP contribution is -2.26. The number of aliphatic hydroxyl groups is 1. The Kier molecular flexibility index (Phi) is 4.13. The van der Waals surface area contributed by atoms with E-state index in [0.717, 1.165) is 30.9 Å². The van der Waals surface area contributed by atoms with E-state index in [4.69, 9.17) is 16.7 Å². The van der Waals surface area contributed by atoms with Crippen molar-refractivity contribution in [2.24, 2.45) is 5.41 Å². The van der Waals surface area contributed by atoms with E-state index < -0.39 is 0 Å². The molecule has 0 atom stereocenters. The number of hydrogen-bond acceptors (Lipinski definition) is 3. The van der Waals surface area contributed by atoms with Crippen LogP contribution in [0.3, 0.4) is 0 Å². The molecule has 0 saturated carbocycles. The van der Waals surface area contributed by atoms with Crippen molar-refractivity contribution >= 4 is 17.4 Å². The van der Waals surface area contributed by atoms with Crippen LogP contribution in [-0.4, -0.2) is 23.2 Å². The summed E-state index contributed by atoms with van der Waals surface area (Å²) in [5, 5.41) is 9.70. The molecule has 0 unspecified atom stereocenters. The number of aromatic nitrogens is 1. The molecule has 0 aromatic carbocycles. The molecule has 4 heteroatoms. The number of anilines is 1. The molecule has 0 radical (unpaired) electrons. The molecule has 1 aliphatic rings. The molecule has 1 fully saturated rings. The van der Waals surface area contributed by atoms with Gasteiger partial charge in [0.2, 0.25) is 0 Å². The monoisotopic (exact) mass is 268 g/mol. The first kappa shape index (κ1) is 13.6. The van der Waals surface area contributed by atoms with Gasteiger partial charge in [-0.15, -0.1) is 0 Å². The van der Waals surface area contributed by atoms with Gasteiger partial charge < -0.3 is 10.0 Å². The highest BCUT2D eigenvalue weighted by Crippen LogP contribution is 2.33. The first-order valence-electron chi connectivity index (χ1n) is 6.52. The third-order valence-corrected chi connectivity index (χ3v) is 3.98. The number of nitrogens with zero attached hydrogens (tertiary/aromatic N) is 2. The van der Waals surface area contributed by atoms with E-state index in [1.165, 1.54) is 12.8 Å². The molecule has 18 heavy (non-hydrogen) atoms. The Morgan fingerprint density at radius 3 is 2.83 bits per heavy atom. The first-order valence-corrected chi connectivity index (χ1v) is 6.90. The molecular formula is C14H21ClN2O. The summed E-state index contributed by atoms with van der Waals surface area (Å²) in [6, 6.07) is 1.81. The second-order valence-electron chi connectivity index (χ2n) is 5.81. The summed E-state index contributed by atoms with van der Waals surface area (Å²) in [4.78, 5) is 6.66. The summed E-state index contributed by atoms with van der Waals surface area (Å²) in [6.07, 6.45) is 5.28. The lowest BCUT2D eigenvalue weighted by Gasteiger charge is -2.24. The molecule has 100 valence electrons. The van der Waals surface area contributed by atoms with Crippen LogP contribution in [0.2, 0.25) is 5.02 Å². The maximum Gasteiger partial charge on any atom is 0.147 e. The number of hydrogen-bond donors (Lipinski definition) is 1. The third-order valence-electron chi connectivity index (χ3n) is 3.70. The summed E-state index contributed by atoms with van der Waals surface area (Å²) in [5.74, 6) is 0.853. The van der Waals surface area contributed by atoms with Crippen LogP contribution in [0.25, 0.3) is 0 Å². The molecule has 2 rings (SSSR count). The highest BCUT2D eigenvalue weighted by atomic mass is 35.5. The zero-order chi connectivity index (χ0) is 13.2. The number of rotatable bonds is 2. The van der Waals surface area contributed by atoms with Crippen molar-refractivity contribution in [1.29, 1.82) is 0 Å². The maximum absolute atomic E-state index is 9.06. The largest absolute Gasteiger partial charge is 0.392 e. The summed E-state index contributed by atoms with van der Waals surface area (Å²) in [7, 11) is 0. The van der Waals surface area contributed by atoms with E-state index >= 15 is 0 Å². The molecule has 0 amide bonds. The van der Waals surface area contributed by atoms with Crippen LogP contribution in [0.1, 0.15) is 38.7 Å². The van der Waals surface area contributed by atoms with Gasteiger partial charge in [-0.05, 0) is 36.3 Å². The minimum Gasteiger partial charge on any atom is -0.392 e. The van der Waals surface area contributed by atoms with Crippen LogP contribution in [0.5, 0.6) is 0 Å². The van der Waals surface area contributed by atoms with Crippen LogP contribution in [0, 0.1) is 5.41 Å². The highest BCUT2D eigenvalue weighted by molar-refractivity contribution is 6.33. The fourth-order valence-electron chi connectivity index (χ4n) is 2.42. The van der Waals surface area contributed by atoms with E-state index in [0.29, 0.717) is 10.4 Å². The lowest BCUT2D eigenvalue weighted by molar-refractivity contribution is 0.281. The standard InChI is InChI=1S/C14H21ClN2O/c1-14(2)4-3-6-17(7-5-14)13-12(15)8-11(10-18)9-16-13/h8-9,18H,3-7,10H2,1-2H3. The van der Waals surface area contributed by atoms with E-state index in [-0.39, 0.29) is 6.61 Å². The summed E-state index contributed by atoms with van der Waals surface area (Å²) < 4.78 is 0. The molecule has 0 bridgehead atoms. The predicted octanol–water partition coefficient (Wildman–Crippen LogP) is 3.24. The smallest absolute Gasteiger partial charge is 0.147 e. The average Bonchev–Trinajstić information content (AvgIpc) is 2.50. The Morgan fingerprint density at radius 2 is 2.17 bits per heavy atom. The molecule has 0 spiro atoms. The second-order valence-corrected chi connectivity index (χ2v) is 6.22. The van der Waals surface area contributed by atoms with Crippen LogP contribution in [0.15, 0.2) is 12.3 Å². The number of pyridine rings is 1. The fourth-order valence-corrected chi connectivity index (χ4v) is 2.73. The molecule has 1 aromatic rings. The molecule has 1 aromatic heterocycles. The Labute approximate surface area is 114 Å². The quantitative estimate of drug-likeness (QED) is 0.895. The molecule has 0 aliphatic carbocycles. The van der Waals surface area contributed by atoms with E-state index in [1.54, 1.807) is 12.3 Å². The van der Waals surface area contributed by atoms with Crippen molar-refractivity contribution in [3.05, 3.63) is 22.8 Å². The Morgan fingerprint density at radius 1 is 1.39 bits per heavy atom. The van der Waals surface area contributed by atoms with Gasteiger partial charge in [0, 0.05) is 19.3 Å². The highest BCUT2D eigenvalue weighted by Gasteiger charge is 2.24. The fraction of sp³-hybridized carbons (Fsp3) is 0.643. The molecule has 3 nitrogen and oxygen atoms in total. The van der Waals surface area contributed by atoms with Gasteiger partial charge in [-0.1, -0.05) is 25.4 Å². The van der Waals surface area contributed by atoms with E-state index in [9.17, 15) is 0 Å². The van der Waals surface area contributed by atoms with Crippen LogP contribution < -0.4 is 4.90 Å². The van der Waals surface area contributed by atoms with Gasteiger partial charge in [-0.3, -0.25) is 0 Å². The van der Waals surface area contributed by atoms with Crippen molar-refractivity contribution < 1.29 is 5.11 Å². The van der Waals surface area contributed by atoms with E-state index in [2.05, 4.69) is 23.7 Å². The van der Waals surface area contributed by atoms with Gasteiger partial charge in [0.05, 0.1) is 11.6 Å². The zero-order valence-corrected chi connectivity index (χ0v) is 11.9. The van der Waals surface area contributed by atoms with Crippen molar-refractivity contribution in [1.82, 2.24) is 4.98 Å². The van der Waals surface area contributed by atoms with Crippen LogP contribution >= 0.6 is 11.6 Å². The van der Waals surface area contributed by atoms with Gasteiger partial charge in [0.1, 0.15) is 5.82 Å². The Bertz CT molecular complexity index is 420. The SMILES string of the molecule is CC1(C)CCCN(c2ncc(CO)cc2Cl)CC1. The molecule has 2 heterocycles. The minimum absolute atomic E-state index is 0.0139. The molecule has 1 saturated heterocycles. The van der Waals surface area contributed by atoms with Crippen LogP contribution in [-0.2, 0) is 6.61 Å². The van der Waals surface area contributed by atoms with Gasteiger partial charge >= 0.3 is 0 Å². The second kappa shape index (κ2) is 5.45. The summed E-state index contributed by atoms with van der Waals surface area (Å²) >= 11 is 6.25. The number of aliphatic hydroxyl groups excluding tert-OH is 1. The Balaban J connectivity index is 2.16. The van der Waals surface area contributed by atoms with Gasteiger partial charge in [-0.2, -0.15) is 0 Å². The molecule has 1 N–H and O–H groups in total.